The normalized spacial score (nSPS) is 16.6. The van der Waals surface area contributed by atoms with Crippen LogP contribution in [0.2, 0.25) is 10.0 Å². The molecule has 11 nitrogen and oxygen atoms in total. The number of nitrogens with one attached hydrogen (secondary N) is 2. The number of halogens is 2. The van der Waals surface area contributed by atoms with Crippen LogP contribution in [0.5, 0.6) is 5.88 Å². The summed E-state index contributed by atoms with van der Waals surface area (Å²) in [5, 5.41) is 13.1. The van der Waals surface area contributed by atoms with Crippen molar-refractivity contribution in [2.24, 2.45) is 0 Å². The molecule has 2 amide bonds. The molecule has 13 heteroatoms. The van der Waals surface area contributed by atoms with E-state index in [0.717, 1.165) is 72.3 Å². The fourth-order valence-electron chi connectivity index (χ4n) is 6.63. The van der Waals surface area contributed by atoms with Crippen molar-refractivity contribution in [3.8, 4) is 34.0 Å². The van der Waals surface area contributed by atoms with Crippen LogP contribution in [0, 0.1) is 0 Å². The maximum Gasteiger partial charge on any atom is 0.220 e. The van der Waals surface area contributed by atoms with Crippen LogP contribution >= 0.6 is 23.2 Å². The quantitative estimate of drug-likeness (QED) is 0.195. The van der Waals surface area contributed by atoms with Crippen molar-refractivity contribution in [2.45, 2.75) is 38.9 Å². The average Bonchev–Trinajstić information content (AvgIpc) is 3.74. The summed E-state index contributed by atoms with van der Waals surface area (Å²) in [7, 11) is 1.60. The van der Waals surface area contributed by atoms with E-state index >= 15 is 0 Å². The molecule has 0 saturated carbocycles. The molecule has 2 saturated heterocycles. The molecule has 50 heavy (non-hydrogen) atoms. The number of aromatic nitrogens is 4. The van der Waals surface area contributed by atoms with Crippen molar-refractivity contribution in [3.63, 3.8) is 0 Å². The largest absolute Gasteiger partial charge is 0.481 e. The lowest BCUT2D eigenvalue weighted by molar-refractivity contribution is -0.130. The number of ether oxygens (including phenoxy) is 1. The number of pyridine rings is 2. The second kappa shape index (κ2) is 14.7. The Kier molecular flexibility index (Phi) is 10.0. The lowest BCUT2D eigenvalue weighted by Crippen LogP contribution is -2.47. The standard InChI is InChI=1S/C37H38Cl2N8O3/c1-23(48)46-15-13-45(14-16-46)21-24-17-26-22-47(44-36(26)41-18-24)32-8-4-6-29(35(32)39)28-5-3-7-30(34(28)38)31-11-9-25(37(43-31)50-2)19-40-20-27-10-12-33(49)42-27/h3-9,11,17-18,22,27,40H,10,12-16,19-21H2,1-2H3,(H,42,49)/t27-/m0/s1. The molecule has 2 N–H and O–H groups in total. The molecule has 3 aromatic heterocycles. The highest BCUT2D eigenvalue weighted by Crippen LogP contribution is 2.41. The number of nitrogens with zero attached hydrogens (tertiary/aromatic N) is 6. The first kappa shape index (κ1) is 33.9. The number of piperazine rings is 1. The predicted octanol–water partition coefficient (Wildman–Crippen LogP) is 5.50. The van der Waals surface area contributed by atoms with Crippen molar-refractivity contribution < 1.29 is 14.3 Å². The highest BCUT2D eigenvalue weighted by molar-refractivity contribution is 6.39. The third kappa shape index (κ3) is 7.18. The third-order valence-corrected chi connectivity index (χ3v) is 10.2. The van der Waals surface area contributed by atoms with E-state index in [1.54, 1.807) is 18.7 Å². The van der Waals surface area contributed by atoms with E-state index in [9.17, 15) is 9.59 Å². The van der Waals surface area contributed by atoms with Gasteiger partial charge in [0.2, 0.25) is 17.7 Å². The van der Waals surface area contributed by atoms with Gasteiger partial charge in [-0.05, 0) is 30.2 Å². The zero-order chi connectivity index (χ0) is 34.8. The monoisotopic (exact) mass is 712 g/mol. The molecule has 7 rings (SSSR count). The molecule has 2 aliphatic rings. The van der Waals surface area contributed by atoms with Crippen LogP contribution in [0.3, 0.4) is 0 Å². The topological polar surface area (TPSA) is 118 Å². The summed E-state index contributed by atoms with van der Waals surface area (Å²) in [5.41, 5.74) is 6.29. The second-order valence-corrected chi connectivity index (χ2v) is 13.5. The van der Waals surface area contributed by atoms with E-state index in [-0.39, 0.29) is 17.9 Å². The third-order valence-electron chi connectivity index (χ3n) is 9.35. The zero-order valence-corrected chi connectivity index (χ0v) is 29.5. The van der Waals surface area contributed by atoms with Gasteiger partial charge in [0.25, 0.3) is 0 Å². The Labute approximate surface area is 300 Å². The molecular formula is C37H38Cl2N8O3. The Morgan fingerprint density at radius 2 is 1.78 bits per heavy atom. The second-order valence-electron chi connectivity index (χ2n) is 12.7. The molecule has 0 unspecified atom stereocenters. The van der Waals surface area contributed by atoms with Gasteiger partial charge >= 0.3 is 0 Å². The maximum absolute atomic E-state index is 11.7. The van der Waals surface area contributed by atoms with Crippen LogP contribution < -0.4 is 15.4 Å². The summed E-state index contributed by atoms with van der Waals surface area (Å²) >= 11 is 14.2. The molecule has 0 radical (unpaired) electrons. The van der Waals surface area contributed by atoms with Gasteiger partial charge < -0.3 is 20.3 Å². The lowest BCUT2D eigenvalue weighted by Gasteiger charge is -2.34. The van der Waals surface area contributed by atoms with E-state index in [2.05, 4.69) is 26.6 Å². The number of hydrogen-bond acceptors (Lipinski definition) is 8. The smallest absolute Gasteiger partial charge is 0.220 e. The Bertz CT molecular complexity index is 2060. The number of rotatable bonds is 10. The molecule has 0 aliphatic carbocycles. The minimum absolute atomic E-state index is 0.100. The van der Waals surface area contributed by atoms with Gasteiger partial charge in [-0.3, -0.25) is 14.5 Å². The van der Waals surface area contributed by atoms with Crippen molar-refractivity contribution in [1.29, 1.82) is 0 Å². The van der Waals surface area contributed by atoms with Crippen molar-refractivity contribution >= 4 is 46.0 Å². The van der Waals surface area contributed by atoms with Gasteiger partial charge in [-0.1, -0.05) is 59.6 Å². The number of methoxy groups -OCH3 is 1. The summed E-state index contributed by atoms with van der Waals surface area (Å²) in [5.74, 6) is 0.729. The van der Waals surface area contributed by atoms with Gasteiger partial charge in [-0.15, -0.1) is 5.10 Å². The van der Waals surface area contributed by atoms with Gasteiger partial charge in [0.1, 0.15) is 0 Å². The van der Waals surface area contributed by atoms with E-state index in [0.29, 0.717) is 52.5 Å². The van der Waals surface area contributed by atoms with Crippen molar-refractivity contribution in [2.75, 3.05) is 39.8 Å². The minimum atomic E-state index is 0.100. The SMILES string of the molecule is COc1nc(-c2cccc(-c3cccc(-n4cc5cc(CN6CCN(C(C)=O)CC6)cnc5n4)c3Cl)c2Cl)ccc1CNC[C@@H]1CCC(=O)N1. The Morgan fingerprint density at radius 1 is 1.02 bits per heavy atom. The van der Waals surface area contributed by atoms with E-state index in [1.165, 1.54) is 0 Å². The lowest BCUT2D eigenvalue weighted by atomic mass is 10.00. The maximum atomic E-state index is 11.7. The minimum Gasteiger partial charge on any atom is -0.481 e. The molecule has 2 aromatic carbocycles. The first-order valence-corrected chi connectivity index (χ1v) is 17.5. The Hall–Kier alpha value is -4.55. The number of fused-ring (bicyclic) bond motifs is 1. The Balaban J connectivity index is 1.10. The van der Waals surface area contributed by atoms with Crippen LogP contribution in [-0.4, -0.2) is 87.2 Å². The summed E-state index contributed by atoms with van der Waals surface area (Å²) in [6.45, 7) is 6.75. The number of carbonyl (C=O) groups excluding carboxylic acids is 2. The summed E-state index contributed by atoms with van der Waals surface area (Å²) in [4.78, 5) is 36.9. The summed E-state index contributed by atoms with van der Waals surface area (Å²) in [6.07, 6.45) is 5.22. The van der Waals surface area contributed by atoms with E-state index in [4.69, 9.17) is 38.0 Å². The number of benzene rings is 2. The first-order valence-electron chi connectivity index (χ1n) is 16.7. The molecule has 0 bridgehead atoms. The molecule has 0 spiro atoms. The fourth-order valence-corrected chi connectivity index (χ4v) is 7.27. The molecular weight excluding hydrogens is 675 g/mol. The molecule has 258 valence electrons. The molecule has 5 heterocycles. The highest BCUT2D eigenvalue weighted by Gasteiger charge is 2.22. The number of amides is 2. The van der Waals surface area contributed by atoms with Crippen LogP contribution in [0.25, 0.3) is 39.1 Å². The van der Waals surface area contributed by atoms with Crippen LogP contribution in [-0.2, 0) is 22.7 Å². The number of hydrogen-bond donors (Lipinski definition) is 2. The average molecular weight is 714 g/mol. The van der Waals surface area contributed by atoms with E-state index < -0.39 is 0 Å². The van der Waals surface area contributed by atoms with Crippen molar-refractivity contribution in [3.05, 3.63) is 88.2 Å². The first-order chi connectivity index (χ1) is 24.3. The van der Waals surface area contributed by atoms with Crippen molar-refractivity contribution in [1.82, 2.24) is 40.2 Å². The van der Waals surface area contributed by atoms with Gasteiger partial charge in [0, 0.05) is 105 Å². The van der Waals surface area contributed by atoms with Gasteiger partial charge in [-0.2, -0.15) is 0 Å². The Morgan fingerprint density at radius 3 is 2.52 bits per heavy atom. The van der Waals surface area contributed by atoms with Crippen LogP contribution in [0.15, 0.2) is 67.0 Å². The predicted molar refractivity (Wildman–Crippen MR) is 195 cm³/mol. The highest BCUT2D eigenvalue weighted by atomic mass is 35.5. The van der Waals surface area contributed by atoms with Gasteiger partial charge in [0.15, 0.2) is 5.65 Å². The van der Waals surface area contributed by atoms with Gasteiger partial charge in [-0.25, -0.2) is 14.6 Å². The van der Waals surface area contributed by atoms with Crippen LogP contribution in [0.1, 0.15) is 30.9 Å². The van der Waals surface area contributed by atoms with Crippen LogP contribution in [0.4, 0.5) is 0 Å². The van der Waals surface area contributed by atoms with E-state index in [1.807, 2.05) is 65.8 Å². The molecule has 2 aliphatic heterocycles. The number of carbonyl (C=O) groups is 2. The summed E-state index contributed by atoms with van der Waals surface area (Å²) in [6, 6.07) is 17.8. The summed E-state index contributed by atoms with van der Waals surface area (Å²) < 4.78 is 7.41. The molecule has 2 fully saturated rings. The van der Waals surface area contributed by atoms with Gasteiger partial charge in [0.05, 0.1) is 28.5 Å². The molecule has 1 atom stereocenters. The fraction of sp³-hybridized carbons (Fsp3) is 0.324. The molecule has 5 aromatic rings. The zero-order valence-electron chi connectivity index (χ0n) is 28.0.